The molecule has 2 unspecified atom stereocenters. The normalized spacial score (nSPS) is 43.7. The molecule has 0 radical (unpaired) electrons. The summed E-state index contributed by atoms with van der Waals surface area (Å²) in [5.41, 5.74) is 0. The Kier molecular flexibility index (Phi) is 1.24. The molecule has 2 atom stereocenters. The van der Waals surface area contributed by atoms with Crippen molar-refractivity contribution in [3.05, 3.63) is 7.05 Å². The molecule has 2 rings (SSSR count). The van der Waals surface area contributed by atoms with E-state index in [1.165, 1.54) is 12.8 Å². The first-order valence-electron chi connectivity index (χ1n) is 3.56. The molecule has 2 aliphatic rings. The SMILES string of the molecule is [CH2-]N1CCOC2CCC21. The van der Waals surface area contributed by atoms with Crippen molar-refractivity contribution in [2.24, 2.45) is 0 Å². The molecule has 2 fully saturated rings. The monoisotopic (exact) mass is 126 g/mol. The number of morpholine rings is 1. The maximum absolute atomic E-state index is 5.47. The largest absolute Gasteiger partial charge is 0.453 e. The van der Waals surface area contributed by atoms with Gasteiger partial charge in [-0.05, 0) is 19.4 Å². The zero-order chi connectivity index (χ0) is 6.27. The number of hydrogen-bond acceptors (Lipinski definition) is 2. The maximum atomic E-state index is 5.47. The molecule has 1 heterocycles. The lowest BCUT2D eigenvalue weighted by molar-refractivity contribution is -0.105. The summed E-state index contributed by atoms with van der Waals surface area (Å²) < 4.78 is 5.47. The van der Waals surface area contributed by atoms with Crippen LogP contribution in [0, 0.1) is 7.05 Å². The quantitative estimate of drug-likeness (QED) is 0.442. The summed E-state index contributed by atoms with van der Waals surface area (Å²) in [5, 5.41) is 0. The van der Waals surface area contributed by atoms with E-state index in [0.29, 0.717) is 12.1 Å². The van der Waals surface area contributed by atoms with E-state index in [9.17, 15) is 0 Å². The second-order valence-electron chi connectivity index (χ2n) is 2.87. The summed E-state index contributed by atoms with van der Waals surface area (Å²) in [4.78, 5) is 2.16. The Balaban J connectivity index is 1.98. The Bertz CT molecular complexity index is 109. The number of rotatable bonds is 0. The molecule has 0 amide bonds. The first-order valence-corrected chi connectivity index (χ1v) is 3.56. The lowest BCUT2D eigenvalue weighted by Crippen LogP contribution is -2.54. The molecular formula is C7H12NO-. The molecular weight excluding hydrogens is 114 g/mol. The van der Waals surface area contributed by atoms with Crippen LogP contribution in [0.5, 0.6) is 0 Å². The predicted octanol–water partition coefficient (Wildman–Crippen LogP) is 0.641. The summed E-state index contributed by atoms with van der Waals surface area (Å²) in [5.74, 6) is 0. The highest BCUT2D eigenvalue weighted by atomic mass is 16.5. The molecule has 9 heavy (non-hydrogen) atoms. The van der Waals surface area contributed by atoms with E-state index in [1.807, 2.05) is 0 Å². The van der Waals surface area contributed by atoms with Crippen LogP contribution in [0.1, 0.15) is 12.8 Å². The Hall–Kier alpha value is -0.0800. The van der Waals surface area contributed by atoms with Crippen molar-refractivity contribution in [1.82, 2.24) is 4.90 Å². The summed E-state index contributed by atoms with van der Waals surface area (Å²) in [6.45, 7) is 1.89. The number of fused-ring (bicyclic) bond motifs is 1. The Morgan fingerprint density at radius 2 is 2.33 bits per heavy atom. The van der Waals surface area contributed by atoms with Crippen molar-refractivity contribution in [1.29, 1.82) is 0 Å². The van der Waals surface area contributed by atoms with Crippen LogP contribution in [0.3, 0.4) is 0 Å². The highest BCUT2D eigenvalue weighted by Gasteiger charge is 2.34. The fourth-order valence-electron chi connectivity index (χ4n) is 1.55. The minimum atomic E-state index is 0.524. The third-order valence-electron chi connectivity index (χ3n) is 2.36. The van der Waals surface area contributed by atoms with E-state index in [-0.39, 0.29) is 0 Å². The molecule has 0 aromatic carbocycles. The number of ether oxygens (including phenoxy) is 1. The molecule has 0 aromatic rings. The molecule has 1 saturated carbocycles. The van der Waals surface area contributed by atoms with Crippen LogP contribution in [-0.4, -0.2) is 30.2 Å². The van der Waals surface area contributed by atoms with Gasteiger partial charge in [0.2, 0.25) is 0 Å². The minimum absolute atomic E-state index is 0.524. The van der Waals surface area contributed by atoms with Gasteiger partial charge in [-0.1, -0.05) is 0 Å². The Morgan fingerprint density at radius 3 is 2.78 bits per heavy atom. The average Bonchev–Trinajstić information content (AvgIpc) is 1.74. The first-order chi connectivity index (χ1) is 4.38. The first kappa shape index (κ1) is 5.69. The molecule has 1 aliphatic carbocycles. The lowest BCUT2D eigenvalue weighted by atomic mass is 9.87. The summed E-state index contributed by atoms with van der Waals surface area (Å²) in [6.07, 6.45) is 3.06. The minimum Gasteiger partial charge on any atom is -0.453 e. The summed E-state index contributed by atoms with van der Waals surface area (Å²) >= 11 is 0. The molecule has 1 saturated heterocycles. The van der Waals surface area contributed by atoms with E-state index in [2.05, 4.69) is 11.9 Å². The third-order valence-corrected chi connectivity index (χ3v) is 2.36. The van der Waals surface area contributed by atoms with Crippen LogP contribution in [0.4, 0.5) is 0 Å². The van der Waals surface area contributed by atoms with Gasteiger partial charge in [0.05, 0.1) is 12.7 Å². The molecule has 0 bridgehead atoms. The van der Waals surface area contributed by atoms with Gasteiger partial charge in [0.1, 0.15) is 0 Å². The van der Waals surface area contributed by atoms with Gasteiger partial charge in [0.25, 0.3) is 0 Å². The van der Waals surface area contributed by atoms with Crippen molar-refractivity contribution in [3.8, 4) is 0 Å². The standard InChI is InChI=1S/C7H12NO/c1-8-4-5-9-7-3-2-6(7)8/h6-7H,1-5H2/q-1. The zero-order valence-corrected chi connectivity index (χ0v) is 5.55. The van der Waals surface area contributed by atoms with Crippen LogP contribution in [0.15, 0.2) is 0 Å². The van der Waals surface area contributed by atoms with E-state index < -0.39 is 0 Å². The summed E-state index contributed by atoms with van der Waals surface area (Å²) in [7, 11) is 3.93. The van der Waals surface area contributed by atoms with Gasteiger partial charge in [0.15, 0.2) is 0 Å². The van der Waals surface area contributed by atoms with Crippen LogP contribution in [0.2, 0.25) is 0 Å². The van der Waals surface area contributed by atoms with Gasteiger partial charge in [-0.3, -0.25) is 7.05 Å². The van der Waals surface area contributed by atoms with E-state index in [4.69, 9.17) is 4.74 Å². The van der Waals surface area contributed by atoms with Crippen molar-refractivity contribution >= 4 is 0 Å². The fourth-order valence-corrected chi connectivity index (χ4v) is 1.55. The molecule has 52 valence electrons. The van der Waals surface area contributed by atoms with Gasteiger partial charge >= 0.3 is 0 Å². The third kappa shape index (κ3) is 0.775. The fraction of sp³-hybridized carbons (Fsp3) is 0.857. The number of nitrogens with zero attached hydrogens (tertiary/aromatic N) is 1. The molecule has 0 spiro atoms. The van der Waals surface area contributed by atoms with Crippen LogP contribution >= 0.6 is 0 Å². The van der Waals surface area contributed by atoms with Gasteiger partial charge in [-0.15, -0.1) is 0 Å². The van der Waals surface area contributed by atoms with E-state index in [1.54, 1.807) is 0 Å². The van der Waals surface area contributed by atoms with Gasteiger partial charge < -0.3 is 9.64 Å². The smallest absolute Gasteiger partial charge is 0.0707 e. The number of hydrogen-bond donors (Lipinski definition) is 0. The Morgan fingerprint density at radius 1 is 1.44 bits per heavy atom. The highest BCUT2D eigenvalue weighted by molar-refractivity contribution is 4.92. The van der Waals surface area contributed by atoms with Gasteiger partial charge in [-0.25, -0.2) is 0 Å². The van der Waals surface area contributed by atoms with Crippen molar-refractivity contribution in [2.75, 3.05) is 13.2 Å². The molecule has 0 N–H and O–H groups in total. The molecule has 1 aliphatic heterocycles. The van der Waals surface area contributed by atoms with Crippen LogP contribution < -0.4 is 0 Å². The van der Waals surface area contributed by atoms with Gasteiger partial charge in [-0.2, -0.15) is 0 Å². The van der Waals surface area contributed by atoms with E-state index >= 15 is 0 Å². The average molecular weight is 126 g/mol. The van der Waals surface area contributed by atoms with Gasteiger partial charge in [0, 0.05) is 6.04 Å². The topological polar surface area (TPSA) is 12.5 Å². The zero-order valence-electron chi connectivity index (χ0n) is 5.55. The molecule has 2 heteroatoms. The van der Waals surface area contributed by atoms with Crippen molar-refractivity contribution < 1.29 is 4.74 Å². The molecule has 2 nitrogen and oxygen atoms in total. The van der Waals surface area contributed by atoms with Crippen molar-refractivity contribution in [2.45, 2.75) is 25.0 Å². The van der Waals surface area contributed by atoms with Crippen molar-refractivity contribution in [3.63, 3.8) is 0 Å². The van der Waals surface area contributed by atoms with Crippen LogP contribution in [0.25, 0.3) is 0 Å². The molecule has 0 aromatic heterocycles. The Labute approximate surface area is 55.8 Å². The second-order valence-corrected chi connectivity index (χ2v) is 2.87. The van der Waals surface area contributed by atoms with Crippen LogP contribution in [-0.2, 0) is 4.74 Å². The maximum Gasteiger partial charge on any atom is 0.0707 e. The lowest BCUT2D eigenvalue weighted by Gasteiger charge is -2.50. The second kappa shape index (κ2) is 1.96. The summed E-state index contributed by atoms with van der Waals surface area (Å²) in [6, 6.07) is 0.652. The van der Waals surface area contributed by atoms with E-state index in [0.717, 1.165) is 13.2 Å². The highest BCUT2D eigenvalue weighted by Crippen LogP contribution is 2.30. The predicted molar refractivity (Wildman–Crippen MR) is 34.8 cm³/mol.